The molecule has 0 N–H and O–H groups in total. The van der Waals surface area contributed by atoms with E-state index in [0.717, 1.165) is 24.0 Å². The maximum absolute atomic E-state index is 12.9. The number of alkyl halides is 3. The average Bonchev–Trinajstić information content (AvgIpc) is 3.06. The number of rotatable bonds is 6. The standard InChI is InChI=1S/C18H15F3N4OS/c1-2-10-24(14-6-4-3-5-7-14)16(26)12-27-17-23-22-15-9-8-13(11-25(15)17)18(19,20)21/h2-9,11H,1,10,12H2. The van der Waals surface area contributed by atoms with Crippen molar-refractivity contribution < 1.29 is 18.0 Å². The topological polar surface area (TPSA) is 50.5 Å². The zero-order chi connectivity index (χ0) is 19.4. The highest BCUT2D eigenvalue weighted by Gasteiger charge is 2.31. The van der Waals surface area contributed by atoms with Gasteiger partial charge >= 0.3 is 6.18 Å². The number of fused-ring (bicyclic) bond motifs is 1. The van der Waals surface area contributed by atoms with E-state index in [1.165, 1.54) is 10.5 Å². The van der Waals surface area contributed by atoms with E-state index < -0.39 is 11.7 Å². The van der Waals surface area contributed by atoms with E-state index in [9.17, 15) is 18.0 Å². The molecule has 0 spiro atoms. The minimum absolute atomic E-state index is 0.000225. The summed E-state index contributed by atoms with van der Waals surface area (Å²) < 4.78 is 40.0. The Hall–Kier alpha value is -2.81. The van der Waals surface area contributed by atoms with Crippen molar-refractivity contribution in [1.82, 2.24) is 14.6 Å². The Balaban J connectivity index is 1.79. The highest BCUT2D eigenvalue weighted by molar-refractivity contribution is 7.99. The van der Waals surface area contributed by atoms with Crippen molar-refractivity contribution in [2.75, 3.05) is 17.2 Å². The van der Waals surface area contributed by atoms with Crippen molar-refractivity contribution in [2.45, 2.75) is 11.3 Å². The van der Waals surface area contributed by atoms with Crippen molar-refractivity contribution in [3.8, 4) is 0 Å². The summed E-state index contributed by atoms with van der Waals surface area (Å²) in [5.41, 5.74) is 0.193. The zero-order valence-electron chi connectivity index (χ0n) is 14.1. The van der Waals surface area contributed by atoms with Crippen molar-refractivity contribution in [2.24, 2.45) is 0 Å². The molecule has 0 saturated carbocycles. The Kier molecular flexibility index (Phi) is 5.50. The van der Waals surface area contributed by atoms with Crippen LogP contribution in [-0.2, 0) is 11.0 Å². The predicted molar refractivity (Wildman–Crippen MR) is 97.7 cm³/mol. The molecule has 140 valence electrons. The Morgan fingerprint density at radius 3 is 2.59 bits per heavy atom. The van der Waals surface area contributed by atoms with Crippen LogP contribution in [0.25, 0.3) is 5.65 Å². The number of carbonyl (C=O) groups excluding carboxylic acids is 1. The molecule has 3 rings (SSSR count). The molecule has 0 saturated heterocycles. The van der Waals surface area contributed by atoms with Crippen LogP contribution in [0.2, 0.25) is 0 Å². The molecule has 0 aliphatic rings. The molecule has 27 heavy (non-hydrogen) atoms. The van der Waals surface area contributed by atoms with Gasteiger partial charge < -0.3 is 4.90 Å². The monoisotopic (exact) mass is 392 g/mol. The van der Waals surface area contributed by atoms with Gasteiger partial charge in [0, 0.05) is 18.4 Å². The molecule has 2 heterocycles. The van der Waals surface area contributed by atoms with Crippen molar-refractivity contribution in [1.29, 1.82) is 0 Å². The third kappa shape index (κ3) is 4.30. The van der Waals surface area contributed by atoms with Crippen molar-refractivity contribution in [3.05, 3.63) is 66.9 Å². The fourth-order valence-corrected chi connectivity index (χ4v) is 3.22. The second kappa shape index (κ2) is 7.83. The number of benzene rings is 1. The number of para-hydroxylation sites is 1. The van der Waals surface area contributed by atoms with Crippen LogP contribution in [-0.4, -0.2) is 32.8 Å². The van der Waals surface area contributed by atoms with Gasteiger partial charge in [-0.1, -0.05) is 36.0 Å². The number of aromatic nitrogens is 3. The van der Waals surface area contributed by atoms with Gasteiger partial charge in [-0.25, -0.2) is 0 Å². The molecule has 1 amide bonds. The van der Waals surface area contributed by atoms with Gasteiger partial charge in [0.2, 0.25) is 5.91 Å². The lowest BCUT2D eigenvalue weighted by Gasteiger charge is -2.20. The number of pyridine rings is 1. The molecule has 2 aromatic heterocycles. The van der Waals surface area contributed by atoms with Gasteiger partial charge in [-0.3, -0.25) is 9.20 Å². The van der Waals surface area contributed by atoms with Gasteiger partial charge in [-0.15, -0.1) is 16.8 Å². The lowest BCUT2D eigenvalue weighted by molar-refractivity contribution is -0.137. The first kappa shape index (κ1) is 19.0. The fourth-order valence-electron chi connectivity index (χ4n) is 2.43. The first-order chi connectivity index (χ1) is 12.9. The van der Waals surface area contributed by atoms with Gasteiger partial charge in [0.25, 0.3) is 0 Å². The van der Waals surface area contributed by atoms with E-state index in [0.29, 0.717) is 12.2 Å². The summed E-state index contributed by atoms with van der Waals surface area (Å²) >= 11 is 1.03. The first-order valence-electron chi connectivity index (χ1n) is 7.91. The zero-order valence-corrected chi connectivity index (χ0v) is 14.9. The maximum Gasteiger partial charge on any atom is 0.417 e. The smallest absolute Gasteiger partial charge is 0.308 e. The molecule has 0 atom stereocenters. The number of amides is 1. The molecular weight excluding hydrogens is 377 g/mol. The van der Waals surface area contributed by atoms with E-state index in [1.807, 2.05) is 18.2 Å². The number of carbonyl (C=O) groups is 1. The second-order valence-electron chi connectivity index (χ2n) is 5.54. The van der Waals surface area contributed by atoms with Gasteiger partial charge in [-0.2, -0.15) is 13.2 Å². The van der Waals surface area contributed by atoms with Gasteiger partial charge in [0.15, 0.2) is 10.8 Å². The number of thioether (sulfide) groups is 1. The average molecular weight is 392 g/mol. The summed E-state index contributed by atoms with van der Waals surface area (Å²) in [5.74, 6) is -0.213. The Morgan fingerprint density at radius 2 is 1.93 bits per heavy atom. The minimum Gasteiger partial charge on any atom is -0.308 e. The van der Waals surface area contributed by atoms with E-state index in [1.54, 1.807) is 23.1 Å². The molecule has 9 heteroatoms. The van der Waals surface area contributed by atoms with Crippen LogP contribution in [0.3, 0.4) is 0 Å². The number of halogens is 3. The van der Waals surface area contributed by atoms with Gasteiger partial charge in [-0.05, 0) is 24.3 Å². The van der Waals surface area contributed by atoms with Crippen LogP contribution >= 0.6 is 11.8 Å². The van der Waals surface area contributed by atoms with Gasteiger partial charge in [0.1, 0.15) is 0 Å². The van der Waals surface area contributed by atoms with Gasteiger partial charge in [0.05, 0.1) is 11.3 Å². The number of anilines is 1. The number of hydrogen-bond acceptors (Lipinski definition) is 4. The lowest BCUT2D eigenvalue weighted by Crippen LogP contribution is -2.32. The molecule has 0 radical (unpaired) electrons. The highest BCUT2D eigenvalue weighted by atomic mass is 32.2. The fraction of sp³-hybridized carbons (Fsp3) is 0.167. The largest absolute Gasteiger partial charge is 0.417 e. The maximum atomic E-state index is 12.9. The third-order valence-electron chi connectivity index (χ3n) is 3.70. The number of nitrogens with zero attached hydrogens (tertiary/aromatic N) is 4. The van der Waals surface area contributed by atoms with E-state index in [-0.39, 0.29) is 22.5 Å². The van der Waals surface area contributed by atoms with Crippen molar-refractivity contribution in [3.63, 3.8) is 0 Å². The first-order valence-corrected chi connectivity index (χ1v) is 8.90. The third-order valence-corrected chi connectivity index (χ3v) is 4.63. The molecule has 5 nitrogen and oxygen atoms in total. The summed E-state index contributed by atoms with van der Waals surface area (Å²) in [6, 6.07) is 11.3. The molecule has 3 aromatic rings. The Bertz CT molecular complexity index is 956. The molecule has 0 bridgehead atoms. The van der Waals surface area contributed by atoms with Crippen LogP contribution in [0.15, 0.2) is 66.5 Å². The molecule has 1 aromatic carbocycles. The molecule has 0 aliphatic heterocycles. The minimum atomic E-state index is -4.47. The number of hydrogen-bond donors (Lipinski definition) is 0. The van der Waals surface area contributed by atoms with E-state index in [2.05, 4.69) is 16.8 Å². The summed E-state index contributed by atoms with van der Waals surface area (Å²) in [4.78, 5) is 14.2. The molecular formula is C18H15F3N4OS. The normalized spacial score (nSPS) is 11.5. The predicted octanol–water partition coefficient (Wildman–Crippen LogP) is 4.06. The van der Waals surface area contributed by atoms with Crippen LogP contribution in [0, 0.1) is 0 Å². The van der Waals surface area contributed by atoms with E-state index in [4.69, 9.17) is 0 Å². The lowest BCUT2D eigenvalue weighted by atomic mass is 10.3. The highest BCUT2D eigenvalue weighted by Crippen LogP contribution is 2.30. The molecule has 0 fully saturated rings. The van der Waals surface area contributed by atoms with Crippen LogP contribution in [0.1, 0.15) is 5.56 Å². The summed E-state index contributed by atoms with van der Waals surface area (Å²) in [6.07, 6.45) is -1.93. The second-order valence-corrected chi connectivity index (χ2v) is 6.49. The van der Waals surface area contributed by atoms with Crippen LogP contribution in [0.5, 0.6) is 0 Å². The summed E-state index contributed by atoms with van der Waals surface area (Å²) in [7, 11) is 0. The SMILES string of the molecule is C=CCN(C(=O)CSc1nnc2ccc(C(F)(F)F)cn12)c1ccccc1. The molecule has 0 aliphatic carbocycles. The van der Waals surface area contributed by atoms with E-state index >= 15 is 0 Å². The summed E-state index contributed by atoms with van der Waals surface area (Å²) in [6.45, 7) is 3.98. The Labute approximate surface area is 157 Å². The van der Waals surface area contributed by atoms with Crippen LogP contribution < -0.4 is 4.90 Å². The van der Waals surface area contributed by atoms with Crippen molar-refractivity contribution >= 4 is 29.0 Å². The molecule has 0 unspecified atom stereocenters. The summed E-state index contributed by atoms with van der Waals surface area (Å²) in [5, 5.41) is 7.95. The van der Waals surface area contributed by atoms with Crippen LogP contribution in [0.4, 0.5) is 18.9 Å². The Morgan fingerprint density at radius 1 is 1.19 bits per heavy atom. The quantitative estimate of drug-likeness (QED) is 0.469.